The molecule has 0 saturated heterocycles. The third-order valence-electron chi connectivity index (χ3n) is 7.06. The average Bonchev–Trinajstić information content (AvgIpc) is 3.57. The third-order valence-corrected chi connectivity index (χ3v) is 7.06. The van der Waals surface area contributed by atoms with Gasteiger partial charge < -0.3 is 9.88 Å². The number of aromatic nitrogens is 2. The summed E-state index contributed by atoms with van der Waals surface area (Å²) < 4.78 is 0. The van der Waals surface area contributed by atoms with Crippen molar-refractivity contribution in [2.75, 3.05) is 11.4 Å². The summed E-state index contributed by atoms with van der Waals surface area (Å²) in [6, 6.07) is 19.7. The normalized spacial score (nSPS) is 16.0. The van der Waals surface area contributed by atoms with Crippen molar-refractivity contribution in [3.63, 3.8) is 0 Å². The van der Waals surface area contributed by atoms with Gasteiger partial charge in [0.25, 0.3) is 0 Å². The van der Waals surface area contributed by atoms with Crippen molar-refractivity contribution in [3.05, 3.63) is 94.3 Å². The van der Waals surface area contributed by atoms with E-state index in [2.05, 4.69) is 77.6 Å². The lowest BCUT2D eigenvalue weighted by atomic mass is 9.97. The Morgan fingerprint density at radius 2 is 1.77 bits per heavy atom. The lowest BCUT2D eigenvalue weighted by Crippen LogP contribution is -2.31. The van der Waals surface area contributed by atoms with E-state index < -0.39 is 0 Å². The number of pyridine rings is 1. The van der Waals surface area contributed by atoms with Crippen molar-refractivity contribution in [3.8, 4) is 0 Å². The molecule has 3 heterocycles. The zero-order valence-electron chi connectivity index (χ0n) is 18.2. The summed E-state index contributed by atoms with van der Waals surface area (Å²) >= 11 is 0. The quantitative estimate of drug-likeness (QED) is 0.441. The molecular formula is C28H29N3. The van der Waals surface area contributed by atoms with Crippen molar-refractivity contribution >= 4 is 16.7 Å². The first-order valence-corrected chi connectivity index (χ1v) is 11.6. The lowest BCUT2D eigenvalue weighted by molar-refractivity contribution is 0.723. The van der Waals surface area contributed by atoms with Crippen LogP contribution in [0.2, 0.25) is 0 Å². The van der Waals surface area contributed by atoms with Gasteiger partial charge in [-0.1, -0.05) is 54.6 Å². The highest BCUT2D eigenvalue weighted by molar-refractivity contribution is 5.96. The van der Waals surface area contributed by atoms with Crippen LogP contribution >= 0.6 is 0 Å². The van der Waals surface area contributed by atoms with Crippen LogP contribution in [0.25, 0.3) is 10.9 Å². The first-order valence-electron chi connectivity index (χ1n) is 11.6. The molecule has 0 unspecified atom stereocenters. The maximum atomic E-state index is 5.11. The summed E-state index contributed by atoms with van der Waals surface area (Å²) in [5, 5.41) is 1.35. The molecule has 2 aromatic heterocycles. The fourth-order valence-electron chi connectivity index (χ4n) is 5.14. The van der Waals surface area contributed by atoms with Gasteiger partial charge in [-0.3, -0.25) is 0 Å². The molecule has 3 nitrogen and oxygen atoms in total. The molecule has 2 aromatic carbocycles. The van der Waals surface area contributed by atoms with Crippen molar-refractivity contribution in [2.24, 2.45) is 5.92 Å². The zero-order chi connectivity index (χ0) is 20.8. The van der Waals surface area contributed by atoms with E-state index in [4.69, 9.17) is 4.98 Å². The Morgan fingerprint density at radius 3 is 2.58 bits per heavy atom. The number of aromatic amines is 1. The van der Waals surface area contributed by atoms with Crippen LogP contribution in [0.15, 0.2) is 60.8 Å². The smallest absolute Gasteiger partial charge is 0.138 e. The number of nitrogens with one attached hydrogen (secondary N) is 1. The van der Waals surface area contributed by atoms with Crippen molar-refractivity contribution in [2.45, 2.75) is 45.6 Å². The van der Waals surface area contributed by atoms with Crippen LogP contribution in [-0.4, -0.2) is 16.5 Å². The molecule has 1 N–H and O–H groups in total. The molecule has 31 heavy (non-hydrogen) atoms. The van der Waals surface area contributed by atoms with Crippen LogP contribution in [0.4, 0.5) is 5.82 Å². The van der Waals surface area contributed by atoms with Gasteiger partial charge in [-0.15, -0.1) is 0 Å². The number of anilines is 1. The van der Waals surface area contributed by atoms with Gasteiger partial charge in [0.05, 0.1) is 5.52 Å². The second kappa shape index (κ2) is 7.56. The topological polar surface area (TPSA) is 31.9 Å². The Balaban J connectivity index is 1.47. The molecule has 0 atom stereocenters. The Bertz CT molecular complexity index is 1230. The fourth-order valence-corrected chi connectivity index (χ4v) is 5.14. The third kappa shape index (κ3) is 3.52. The minimum Gasteiger partial charge on any atom is -0.358 e. The van der Waals surface area contributed by atoms with Crippen LogP contribution < -0.4 is 4.90 Å². The van der Waals surface area contributed by atoms with Crippen LogP contribution in [0.1, 0.15) is 46.4 Å². The van der Waals surface area contributed by atoms with Gasteiger partial charge in [0.2, 0.25) is 0 Å². The minimum atomic E-state index is 0.846. The van der Waals surface area contributed by atoms with Gasteiger partial charge in [0.1, 0.15) is 5.82 Å². The minimum absolute atomic E-state index is 0.846. The largest absolute Gasteiger partial charge is 0.358 e. The highest BCUT2D eigenvalue weighted by Gasteiger charge is 2.27. The summed E-state index contributed by atoms with van der Waals surface area (Å²) in [6.07, 6.45) is 8.06. The predicted octanol–water partition coefficient (Wildman–Crippen LogP) is 5.98. The first-order chi connectivity index (χ1) is 15.3. The van der Waals surface area contributed by atoms with E-state index in [9.17, 15) is 0 Å². The molecule has 0 amide bonds. The highest BCUT2D eigenvalue weighted by Crippen LogP contribution is 2.39. The predicted molar refractivity (Wildman–Crippen MR) is 128 cm³/mol. The molecule has 0 spiro atoms. The maximum Gasteiger partial charge on any atom is 0.138 e. The van der Waals surface area contributed by atoms with E-state index in [0.29, 0.717) is 0 Å². The SMILES string of the molecule is Cc1[nH]c2c(CC3CC3)cnc(N3CCc4ccccc4C3)c2c1Cc1ccccc1. The van der Waals surface area contributed by atoms with E-state index in [1.807, 2.05) is 0 Å². The number of nitrogens with zero attached hydrogens (tertiary/aromatic N) is 2. The molecule has 1 aliphatic heterocycles. The lowest BCUT2D eigenvalue weighted by Gasteiger charge is -2.30. The number of hydrogen-bond donors (Lipinski definition) is 1. The molecule has 156 valence electrons. The monoisotopic (exact) mass is 407 g/mol. The number of aryl methyl sites for hydroxylation is 1. The molecule has 0 radical (unpaired) electrons. The van der Waals surface area contributed by atoms with Gasteiger partial charge in [-0.25, -0.2) is 4.98 Å². The highest BCUT2D eigenvalue weighted by atomic mass is 15.2. The summed E-state index contributed by atoms with van der Waals surface area (Å²) in [5.74, 6) is 2.00. The average molecular weight is 408 g/mol. The zero-order valence-corrected chi connectivity index (χ0v) is 18.2. The van der Waals surface area contributed by atoms with Crippen molar-refractivity contribution in [1.82, 2.24) is 9.97 Å². The summed E-state index contributed by atoms with van der Waals surface area (Å²) in [6.45, 7) is 4.19. The van der Waals surface area contributed by atoms with Gasteiger partial charge in [0, 0.05) is 30.4 Å². The van der Waals surface area contributed by atoms with Crippen LogP contribution in [-0.2, 0) is 25.8 Å². The van der Waals surface area contributed by atoms with Crippen LogP contribution in [0, 0.1) is 12.8 Å². The Kier molecular flexibility index (Phi) is 4.56. The maximum absolute atomic E-state index is 5.11. The van der Waals surface area contributed by atoms with Crippen molar-refractivity contribution < 1.29 is 0 Å². The molecule has 2 aliphatic rings. The summed E-state index contributed by atoms with van der Waals surface area (Å²) in [7, 11) is 0. The number of H-pyrrole nitrogens is 1. The first kappa shape index (κ1) is 18.7. The van der Waals surface area contributed by atoms with Gasteiger partial charge in [-0.05, 0) is 72.8 Å². The van der Waals surface area contributed by atoms with Crippen molar-refractivity contribution in [1.29, 1.82) is 0 Å². The van der Waals surface area contributed by atoms with Gasteiger partial charge >= 0.3 is 0 Å². The molecule has 1 saturated carbocycles. The molecule has 1 fully saturated rings. The molecule has 3 heteroatoms. The van der Waals surface area contributed by atoms with Gasteiger partial charge in [0.15, 0.2) is 0 Å². The molecule has 1 aliphatic carbocycles. The molecular weight excluding hydrogens is 378 g/mol. The Labute approximate surface area is 184 Å². The second-order valence-corrected chi connectivity index (χ2v) is 9.34. The van der Waals surface area contributed by atoms with Crippen LogP contribution in [0.3, 0.4) is 0 Å². The molecule has 4 aromatic rings. The molecule has 0 bridgehead atoms. The standard InChI is InChI=1S/C28H29N3/c1-19-25(16-20-7-3-2-4-8-20)26-27(30-19)24(15-21-11-12-21)17-29-28(26)31-14-13-22-9-5-6-10-23(22)18-31/h2-10,17,21,30H,11-16,18H2,1H3. The second-order valence-electron chi connectivity index (χ2n) is 9.34. The van der Waals surface area contributed by atoms with E-state index in [1.165, 1.54) is 57.3 Å². The number of benzene rings is 2. The van der Waals surface area contributed by atoms with Gasteiger partial charge in [-0.2, -0.15) is 0 Å². The van der Waals surface area contributed by atoms with E-state index >= 15 is 0 Å². The number of rotatable bonds is 5. The summed E-state index contributed by atoms with van der Waals surface area (Å²) in [4.78, 5) is 11.4. The Hall–Kier alpha value is -3.07. The van der Waals surface area contributed by atoms with Crippen LogP contribution in [0.5, 0.6) is 0 Å². The number of hydrogen-bond acceptors (Lipinski definition) is 2. The fraction of sp³-hybridized carbons (Fsp3) is 0.321. The Morgan fingerprint density at radius 1 is 1.00 bits per heavy atom. The molecule has 6 rings (SSSR count). The summed E-state index contributed by atoms with van der Waals surface area (Å²) in [5.41, 5.74) is 9.66. The van der Waals surface area contributed by atoms with E-state index in [0.717, 1.165) is 44.1 Å². The van der Waals surface area contributed by atoms with E-state index in [-0.39, 0.29) is 0 Å². The number of fused-ring (bicyclic) bond motifs is 2. The van der Waals surface area contributed by atoms with E-state index in [1.54, 1.807) is 0 Å².